The van der Waals surface area contributed by atoms with Gasteiger partial charge in [0.15, 0.2) is 5.78 Å². The third kappa shape index (κ3) is 6.30. The summed E-state index contributed by atoms with van der Waals surface area (Å²) in [6.07, 6.45) is 2.33. The molecule has 1 N–H and O–H groups in total. The number of ether oxygens (including phenoxy) is 1. The quantitative estimate of drug-likeness (QED) is 0.433. The van der Waals surface area contributed by atoms with E-state index in [1.54, 1.807) is 13.0 Å². The topological polar surface area (TPSA) is 63.6 Å². The van der Waals surface area contributed by atoms with Crippen LogP contribution in [0.25, 0.3) is 5.69 Å². The third-order valence-corrected chi connectivity index (χ3v) is 6.44. The molecule has 1 saturated heterocycles. The first-order valence-corrected chi connectivity index (χ1v) is 11.9. The van der Waals surface area contributed by atoms with E-state index in [0.29, 0.717) is 37.4 Å². The molecule has 0 unspecified atom stereocenters. The van der Waals surface area contributed by atoms with Gasteiger partial charge in [-0.05, 0) is 83.8 Å². The molecule has 1 amide bonds. The highest BCUT2D eigenvalue weighted by Gasteiger charge is 2.27. The van der Waals surface area contributed by atoms with Crippen LogP contribution in [-0.2, 0) is 9.53 Å². The first-order chi connectivity index (χ1) is 15.8. The van der Waals surface area contributed by atoms with Crippen molar-refractivity contribution in [3.63, 3.8) is 0 Å². The van der Waals surface area contributed by atoms with Crippen molar-refractivity contribution in [3.05, 3.63) is 52.6 Å². The molecule has 1 fully saturated rings. The number of aryl methyl sites for hydroxylation is 2. The Morgan fingerprint density at radius 2 is 1.88 bits per heavy atom. The Kier molecular flexibility index (Phi) is 8.80. The summed E-state index contributed by atoms with van der Waals surface area (Å²) in [7, 11) is 0. The number of nitrogens with one attached hydrogen (secondary N) is 1. The monoisotopic (exact) mass is 457 g/mol. The Labute approximate surface area is 196 Å². The van der Waals surface area contributed by atoms with Gasteiger partial charge in [-0.3, -0.25) is 14.5 Å². The number of Topliss-reactive ketones (excluding diaryl/α,β-unsaturated/α-hetero) is 1. The van der Waals surface area contributed by atoms with Crippen molar-refractivity contribution in [2.45, 2.75) is 47.0 Å². The average molecular weight is 458 g/mol. The second-order valence-corrected chi connectivity index (χ2v) is 8.87. The molecule has 33 heavy (non-hydrogen) atoms. The molecule has 0 saturated carbocycles. The molecule has 2 heterocycles. The fourth-order valence-corrected chi connectivity index (χ4v) is 4.48. The van der Waals surface area contributed by atoms with Crippen molar-refractivity contribution < 1.29 is 18.7 Å². The molecule has 3 rings (SSSR count). The van der Waals surface area contributed by atoms with Gasteiger partial charge in [0.25, 0.3) is 0 Å². The van der Waals surface area contributed by atoms with Crippen molar-refractivity contribution in [1.82, 2.24) is 14.8 Å². The highest BCUT2D eigenvalue weighted by molar-refractivity contribution is 5.99. The number of amides is 1. The van der Waals surface area contributed by atoms with Crippen molar-refractivity contribution in [1.29, 1.82) is 0 Å². The summed E-state index contributed by atoms with van der Waals surface area (Å²) in [5.41, 5.74) is 3.71. The molecule has 0 aliphatic carbocycles. The molecule has 0 radical (unpaired) electrons. The smallest absolute Gasteiger partial charge is 0.223 e. The lowest BCUT2D eigenvalue weighted by molar-refractivity contribution is -0.126. The molecular weight excluding hydrogens is 421 g/mol. The minimum absolute atomic E-state index is 0.00458. The molecule has 0 spiro atoms. The molecule has 1 aliphatic rings. The number of halogens is 1. The van der Waals surface area contributed by atoms with Crippen LogP contribution >= 0.6 is 0 Å². The Bertz CT molecular complexity index is 977. The van der Waals surface area contributed by atoms with Gasteiger partial charge in [-0.2, -0.15) is 0 Å². The second kappa shape index (κ2) is 11.6. The Morgan fingerprint density at radius 1 is 1.15 bits per heavy atom. The van der Waals surface area contributed by atoms with Gasteiger partial charge in [0.1, 0.15) is 5.82 Å². The van der Waals surface area contributed by atoms with E-state index in [-0.39, 0.29) is 23.4 Å². The van der Waals surface area contributed by atoms with Crippen molar-refractivity contribution >= 4 is 11.7 Å². The van der Waals surface area contributed by atoms with Crippen LogP contribution in [0.3, 0.4) is 0 Å². The zero-order chi connectivity index (χ0) is 24.0. The molecule has 6 nitrogen and oxygen atoms in total. The molecule has 1 aromatic heterocycles. The highest BCUT2D eigenvalue weighted by Crippen LogP contribution is 2.24. The maximum absolute atomic E-state index is 14.1. The molecule has 1 aromatic carbocycles. The van der Waals surface area contributed by atoms with Crippen molar-refractivity contribution in [2.24, 2.45) is 5.92 Å². The summed E-state index contributed by atoms with van der Waals surface area (Å²) in [6.45, 7) is 11.3. The first kappa shape index (κ1) is 25.1. The highest BCUT2D eigenvalue weighted by atomic mass is 19.1. The minimum Gasteiger partial charge on any atom is -0.382 e. The van der Waals surface area contributed by atoms with E-state index < -0.39 is 0 Å². The Morgan fingerprint density at radius 3 is 2.55 bits per heavy atom. The Balaban J connectivity index is 1.54. The lowest BCUT2D eigenvalue weighted by Crippen LogP contribution is -2.42. The Hall–Kier alpha value is -2.51. The minimum atomic E-state index is -0.255. The maximum atomic E-state index is 14.1. The molecule has 0 atom stereocenters. The molecular formula is C26H36FN3O3. The predicted molar refractivity (Wildman–Crippen MR) is 128 cm³/mol. The van der Waals surface area contributed by atoms with Gasteiger partial charge in [-0.25, -0.2) is 4.39 Å². The average Bonchev–Trinajstić information content (AvgIpc) is 3.10. The summed E-state index contributed by atoms with van der Waals surface area (Å²) in [6, 6.07) is 7.03. The zero-order valence-electron chi connectivity index (χ0n) is 20.2. The van der Waals surface area contributed by atoms with E-state index in [1.165, 1.54) is 6.07 Å². The van der Waals surface area contributed by atoms with E-state index in [1.807, 2.05) is 37.5 Å². The van der Waals surface area contributed by atoms with E-state index in [2.05, 4.69) is 10.2 Å². The van der Waals surface area contributed by atoms with E-state index in [0.717, 1.165) is 49.4 Å². The van der Waals surface area contributed by atoms with Gasteiger partial charge in [-0.1, -0.05) is 6.07 Å². The second-order valence-electron chi connectivity index (χ2n) is 8.87. The van der Waals surface area contributed by atoms with Gasteiger partial charge in [0.2, 0.25) is 5.91 Å². The van der Waals surface area contributed by atoms with E-state index in [9.17, 15) is 14.0 Å². The SMILES string of the molecule is CCOCCCNC(=O)C1CCN(CC(=O)c2cc(C)n(-c3ccc(C)c(F)c3)c2C)CC1. The van der Waals surface area contributed by atoms with Crippen LogP contribution in [0.2, 0.25) is 0 Å². The van der Waals surface area contributed by atoms with Crippen LogP contribution in [0, 0.1) is 32.5 Å². The summed E-state index contributed by atoms with van der Waals surface area (Å²) in [5.74, 6) is -0.0915. The number of likely N-dealkylation sites (tertiary alicyclic amines) is 1. The van der Waals surface area contributed by atoms with Gasteiger partial charge >= 0.3 is 0 Å². The number of carbonyl (C=O) groups excluding carboxylic acids is 2. The molecule has 0 bridgehead atoms. The summed E-state index contributed by atoms with van der Waals surface area (Å²) in [4.78, 5) is 27.6. The number of ketones is 1. The normalized spacial score (nSPS) is 15.1. The van der Waals surface area contributed by atoms with Gasteiger partial charge in [0.05, 0.1) is 6.54 Å². The van der Waals surface area contributed by atoms with E-state index in [4.69, 9.17) is 4.74 Å². The number of carbonyl (C=O) groups is 2. The van der Waals surface area contributed by atoms with Gasteiger partial charge in [0, 0.05) is 48.3 Å². The van der Waals surface area contributed by atoms with Crippen LogP contribution in [0.15, 0.2) is 24.3 Å². The number of nitrogens with zero attached hydrogens (tertiary/aromatic N) is 2. The molecule has 2 aromatic rings. The lowest BCUT2D eigenvalue weighted by atomic mass is 9.95. The third-order valence-electron chi connectivity index (χ3n) is 6.44. The standard InChI is InChI=1S/C26H36FN3O3/c1-5-33-14-6-11-28-26(32)21-9-12-29(13-10-21)17-25(31)23-15-19(3)30(20(23)4)22-8-7-18(2)24(27)16-22/h7-8,15-16,21H,5-6,9-14,17H2,1-4H3,(H,28,32). The van der Waals surface area contributed by atoms with E-state index >= 15 is 0 Å². The van der Waals surface area contributed by atoms with Crippen LogP contribution in [0.1, 0.15) is 53.5 Å². The van der Waals surface area contributed by atoms with Crippen LogP contribution in [-0.4, -0.2) is 60.6 Å². The van der Waals surface area contributed by atoms with Gasteiger partial charge < -0.3 is 14.6 Å². The zero-order valence-corrected chi connectivity index (χ0v) is 20.2. The summed E-state index contributed by atoms with van der Waals surface area (Å²) < 4.78 is 21.3. The summed E-state index contributed by atoms with van der Waals surface area (Å²) >= 11 is 0. The molecule has 180 valence electrons. The molecule has 7 heteroatoms. The number of rotatable bonds is 10. The maximum Gasteiger partial charge on any atom is 0.223 e. The lowest BCUT2D eigenvalue weighted by Gasteiger charge is -2.30. The number of benzene rings is 1. The molecule has 1 aliphatic heterocycles. The van der Waals surface area contributed by atoms with Crippen LogP contribution in [0.4, 0.5) is 4.39 Å². The predicted octanol–water partition coefficient (Wildman–Crippen LogP) is 3.98. The fraction of sp³-hybridized carbons (Fsp3) is 0.538. The van der Waals surface area contributed by atoms with Gasteiger partial charge in [-0.15, -0.1) is 0 Å². The van der Waals surface area contributed by atoms with Crippen LogP contribution < -0.4 is 5.32 Å². The number of hydrogen-bond acceptors (Lipinski definition) is 4. The number of hydrogen-bond donors (Lipinski definition) is 1. The largest absolute Gasteiger partial charge is 0.382 e. The number of piperidine rings is 1. The van der Waals surface area contributed by atoms with Crippen molar-refractivity contribution in [3.8, 4) is 5.69 Å². The first-order valence-electron chi connectivity index (χ1n) is 11.9. The fourth-order valence-electron chi connectivity index (χ4n) is 4.48. The van der Waals surface area contributed by atoms with Crippen LogP contribution in [0.5, 0.6) is 0 Å². The number of aromatic nitrogens is 1. The summed E-state index contributed by atoms with van der Waals surface area (Å²) in [5, 5.41) is 3.00. The van der Waals surface area contributed by atoms with Crippen molar-refractivity contribution in [2.75, 3.05) is 39.4 Å².